The summed E-state index contributed by atoms with van der Waals surface area (Å²) in [5.41, 5.74) is 2.99. The Hall–Kier alpha value is -4.00. The third-order valence-electron chi connectivity index (χ3n) is 4.44. The van der Waals surface area contributed by atoms with Crippen LogP contribution in [-0.2, 0) is 0 Å². The maximum atomic E-state index is 12.6. The van der Waals surface area contributed by atoms with Gasteiger partial charge in [0.2, 0.25) is 6.79 Å². The Balaban J connectivity index is 1.46. The van der Waals surface area contributed by atoms with E-state index in [-0.39, 0.29) is 12.7 Å². The summed E-state index contributed by atoms with van der Waals surface area (Å²) in [5, 5.41) is 8.36. The normalized spacial score (nSPS) is 11.6. The molecule has 0 radical (unpaired) electrons. The fourth-order valence-corrected chi connectivity index (χ4v) is 2.98. The molecule has 0 spiro atoms. The number of nitrogens with one attached hydrogen (secondary N) is 3. The second-order valence-electron chi connectivity index (χ2n) is 6.46. The lowest BCUT2D eigenvalue weighted by Crippen LogP contribution is -2.21. The molecule has 0 unspecified atom stereocenters. The van der Waals surface area contributed by atoms with Crippen LogP contribution in [0.25, 0.3) is 0 Å². The van der Waals surface area contributed by atoms with Crippen molar-refractivity contribution in [1.82, 2.24) is 0 Å². The molecule has 0 fully saturated rings. The number of hydrogen-bond donors (Lipinski definition) is 3. The van der Waals surface area contributed by atoms with Crippen LogP contribution in [0.3, 0.4) is 0 Å². The van der Waals surface area contributed by atoms with E-state index in [9.17, 15) is 9.59 Å². The predicted molar refractivity (Wildman–Crippen MR) is 111 cm³/mol. The molecule has 0 aromatic heterocycles. The van der Waals surface area contributed by atoms with Gasteiger partial charge in [-0.25, -0.2) is 4.79 Å². The van der Waals surface area contributed by atoms with Gasteiger partial charge >= 0.3 is 6.03 Å². The van der Waals surface area contributed by atoms with Crippen molar-refractivity contribution >= 4 is 29.0 Å². The van der Waals surface area contributed by atoms with Gasteiger partial charge in [-0.05, 0) is 42.8 Å². The van der Waals surface area contributed by atoms with E-state index < -0.39 is 6.03 Å². The minimum absolute atomic E-state index is 0.166. The molecular weight excluding hydrogens is 370 g/mol. The topological polar surface area (TPSA) is 88.7 Å². The largest absolute Gasteiger partial charge is 0.454 e. The van der Waals surface area contributed by atoms with Gasteiger partial charge in [0.25, 0.3) is 5.91 Å². The van der Waals surface area contributed by atoms with E-state index >= 15 is 0 Å². The highest BCUT2D eigenvalue weighted by Gasteiger charge is 2.15. The molecule has 146 valence electrons. The Bertz CT molecular complexity index is 1080. The average molecular weight is 389 g/mol. The minimum Gasteiger partial charge on any atom is -0.454 e. The quantitative estimate of drug-likeness (QED) is 0.607. The second kappa shape index (κ2) is 7.93. The SMILES string of the molecule is Cc1ccccc1C(=O)Nc1ccccc1NC(=O)Nc1ccc2c(c1)OCO2. The molecule has 3 aromatic carbocycles. The van der Waals surface area contributed by atoms with Crippen molar-refractivity contribution in [2.24, 2.45) is 0 Å². The average Bonchev–Trinajstić information content (AvgIpc) is 3.17. The zero-order valence-electron chi connectivity index (χ0n) is 15.7. The molecule has 0 atom stereocenters. The Morgan fingerprint density at radius 3 is 2.28 bits per heavy atom. The van der Waals surface area contributed by atoms with E-state index in [1.54, 1.807) is 48.5 Å². The lowest BCUT2D eigenvalue weighted by Gasteiger charge is -2.14. The van der Waals surface area contributed by atoms with Crippen molar-refractivity contribution in [3.05, 3.63) is 77.9 Å². The molecule has 4 rings (SSSR count). The number of fused-ring (bicyclic) bond motifs is 1. The van der Waals surface area contributed by atoms with Gasteiger partial charge in [0.05, 0.1) is 11.4 Å². The third kappa shape index (κ3) is 4.14. The lowest BCUT2D eigenvalue weighted by molar-refractivity contribution is 0.102. The van der Waals surface area contributed by atoms with E-state index in [0.717, 1.165) is 5.56 Å². The van der Waals surface area contributed by atoms with Crippen molar-refractivity contribution in [1.29, 1.82) is 0 Å². The summed E-state index contributed by atoms with van der Waals surface area (Å²) in [7, 11) is 0. The number of aryl methyl sites for hydroxylation is 1. The first-order valence-electron chi connectivity index (χ1n) is 9.04. The van der Waals surface area contributed by atoms with Crippen LogP contribution in [-0.4, -0.2) is 18.7 Å². The van der Waals surface area contributed by atoms with E-state index in [4.69, 9.17) is 9.47 Å². The number of anilines is 3. The van der Waals surface area contributed by atoms with E-state index in [2.05, 4.69) is 16.0 Å². The minimum atomic E-state index is -0.443. The molecule has 0 bridgehead atoms. The summed E-state index contributed by atoms with van der Waals surface area (Å²) in [4.78, 5) is 25.0. The summed E-state index contributed by atoms with van der Waals surface area (Å²) in [6, 6.07) is 19.0. The molecule has 1 aliphatic rings. The van der Waals surface area contributed by atoms with Gasteiger partial charge in [-0.3, -0.25) is 4.79 Å². The molecular formula is C22H19N3O4. The molecule has 1 aliphatic heterocycles. The zero-order chi connectivity index (χ0) is 20.2. The molecule has 1 heterocycles. The number of amides is 3. The van der Waals surface area contributed by atoms with Gasteiger partial charge in [0, 0.05) is 17.3 Å². The van der Waals surface area contributed by atoms with Gasteiger partial charge in [0.1, 0.15) is 0 Å². The van der Waals surface area contributed by atoms with E-state index in [1.165, 1.54) is 0 Å². The van der Waals surface area contributed by atoms with Crippen LogP contribution in [0.1, 0.15) is 15.9 Å². The fraction of sp³-hybridized carbons (Fsp3) is 0.0909. The highest BCUT2D eigenvalue weighted by Crippen LogP contribution is 2.34. The van der Waals surface area contributed by atoms with Gasteiger partial charge < -0.3 is 25.4 Å². The molecule has 3 N–H and O–H groups in total. The van der Waals surface area contributed by atoms with Crippen LogP contribution in [0.4, 0.5) is 21.9 Å². The predicted octanol–water partition coefficient (Wildman–Crippen LogP) is 4.62. The monoisotopic (exact) mass is 389 g/mol. The molecule has 3 aromatic rings. The Kier molecular flexibility index (Phi) is 5.03. The molecule has 0 aliphatic carbocycles. The Labute approximate surface area is 167 Å². The zero-order valence-corrected chi connectivity index (χ0v) is 15.7. The number of para-hydroxylation sites is 2. The summed E-state index contributed by atoms with van der Waals surface area (Å²) in [6.45, 7) is 2.04. The number of urea groups is 1. The van der Waals surface area contributed by atoms with Crippen molar-refractivity contribution in [2.45, 2.75) is 6.92 Å². The standard InChI is InChI=1S/C22H19N3O4/c1-14-6-2-3-7-16(14)21(26)24-17-8-4-5-9-18(17)25-22(27)23-15-10-11-19-20(12-15)29-13-28-19/h2-12H,13H2,1H3,(H,24,26)(H2,23,25,27). The molecule has 0 saturated heterocycles. The van der Waals surface area contributed by atoms with Gasteiger partial charge in [0.15, 0.2) is 11.5 Å². The maximum Gasteiger partial charge on any atom is 0.323 e. The maximum absolute atomic E-state index is 12.6. The van der Waals surface area contributed by atoms with Crippen LogP contribution in [0.5, 0.6) is 11.5 Å². The summed E-state index contributed by atoms with van der Waals surface area (Å²) in [6.07, 6.45) is 0. The third-order valence-corrected chi connectivity index (χ3v) is 4.44. The smallest absolute Gasteiger partial charge is 0.323 e. The number of hydrogen-bond acceptors (Lipinski definition) is 4. The summed E-state index contributed by atoms with van der Waals surface area (Å²) >= 11 is 0. The molecule has 7 heteroatoms. The van der Waals surface area contributed by atoms with Crippen LogP contribution >= 0.6 is 0 Å². The molecule has 3 amide bonds. The van der Waals surface area contributed by atoms with Gasteiger partial charge in [-0.15, -0.1) is 0 Å². The van der Waals surface area contributed by atoms with Crippen molar-refractivity contribution in [3.8, 4) is 11.5 Å². The van der Waals surface area contributed by atoms with Crippen LogP contribution in [0, 0.1) is 6.92 Å². The van der Waals surface area contributed by atoms with Gasteiger partial charge in [-0.2, -0.15) is 0 Å². The second-order valence-corrected chi connectivity index (χ2v) is 6.46. The van der Waals surface area contributed by atoms with E-state index in [0.29, 0.717) is 34.1 Å². The van der Waals surface area contributed by atoms with Crippen LogP contribution < -0.4 is 25.4 Å². The summed E-state index contributed by atoms with van der Waals surface area (Å²) in [5.74, 6) is 0.974. The Morgan fingerprint density at radius 1 is 0.793 bits per heavy atom. The number of carbonyl (C=O) groups excluding carboxylic acids is 2. The highest BCUT2D eigenvalue weighted by atomic mass is 16.7. The molecule has 7 nitrogen and oxygen atoms in total. The number of rotatable bonds is 4. The van der Waals surface area contributed by atoms with Crippen LogP contribution in [0.15, 0.2) is 66.7 Å². The molecule has 0 saturated carbocycles. The van der Waals surface area contributed by atoms with Crippen LogP contribution in [0.2, 0.25) is 0 Å². The first-order valence-corrected chi connectivity index (χ1v) is 9.04. The van der Waals surface area contributed by atoms with E-state index in [1.807, 2.05) is 25.1 Å². The summed E-state index contributed by atoms with van der Waals surface area (Å²) < 4.78 is 10.6. The Morgan fingerprint density at radius 2 is 1.48 bits per heavy atom. The van der Waals surface area contributed by atoms with Gasteiger partial charge in [-0.1, -0.05) is 30.3 Å². The first kappa shape index (κ1) is 18.4. The van der Waals surface area contributed by atoms with Crippen molar-refractivity contribution in [3.63, 3.8) is 0 Å². The molecule has 29 heavy (non-hydrogen) atoms. The number of ether oxygens (including phenoxy) is 2. The fourth-order valence-electron chi connectivity index (χ4n) is 2.98. The van der Waals surface area contributed by atoms with Crippen molar-refractivity contribution < 1.29 is 19.1 Å². The first-order chi connectivity index (χ1) is 14.1. The lowest BCUT2D eigenvalue weighted by atomic mass is 10.1. The van der Waals surface area contributed by atoms with Crippen molar-refractivity contribution in [2.75, 3.05) is 22.7 Å². The highest BCUT2D eigenvalue weighted by molar-refractivity contribution is 6.09. The number of carbonyl (C=O) groups is 2. The number of benzene rings is 3.